The summed E-state index contributed by atoms with van der Waals surface area (Å²) in [5.74, 6) is 0.552. The van der Waals surface area contributed by atoms with Crippen LogP contribution in [0.4, 0.5) is 0 Å². The van der Waals surface area contributed by atoms with Crippen LogP contribution >= 0.6 is 11.8 Å². The number of hydrogen-bond acceptors (Lipinski definition) is 3. The largest absolute Gasteiger partial charge is 0.286 e. The highest BCUT2D eigenvalue weighted by molar-refractivity contribution is 7.85. The lowest BCUT2D eigenvalue weighted by atomic mass is 9.96. The standard InChI is InChI=1S/C11H14ClN.CH4O3S/c1-9-8-13(12)7-6-10-4-2-3-5-11(9)10;1-5(2,3)4/h2-5,9H,6-8H2,1H3;1H3,(H,2,3,4). The molecule has 4 nitrogen and oxygen atoms in total. The fraction of sp³-hybridized carbons (Fsp3) is 0.500. The van der Waals surface area contributed by atoms with Gasteiger partial charge < -0.3 is 0 Å². The zero-order valence-corrected chi connectivity index (χ0v) is 12.1. The van der Waals surface area contributed by atoms with Crippen molar-refractivity contribution < 1.29 is 13.0 Å². The van der Waals surface area contributed by atoms with Gasteiger partial charge in [-0.25, -0.2) is 4.42 Å². The third-order valence-electron chi connectivity index (χ3n) is 2.68. The zero-order valence-electron chi connectivity index (χ0n) is 10.5. The number of halogens is 1. The fourth-order valence-corrected chi connectivity index (χ4v) is 2.26. The van der Waals surface area contributed by atoms with Gasteiger partial charge >= 0.3 is 0 Å². The van der Waals surface area contributed by atoms with E-state index in [2.05, 4.69) is 31.2 Å². The molecule has 1 aliphatic rings. The van der Waals surface area contributed by atoms with Gasteiger partial charge in [0.05, 0.1) is 6.26 Å². The van der Waals surface area contributed by atoms with E-state index < -0.39 is 10.1 Å². The van der Waals surface area contributed by atoms with Crippen molar-refractivity contribution >= 4 is 21.9 Å². The average molecular weight is 292 g/mol. The van der Waals surface area contributed by atoms with Crippen molar-refractivity contribution in [3.05, 3.63) is 35.4 Å². The number of benzene rings is 1. The second-order valence-corrected chi connectivity index (χ2v) is 6.40. The fourth-order valence-electron chi connectivity index (χ4n) is 1.97. The Hall–Kier alpha value is -0.620. The molecule has 6 heteroatoms. The lowest BCUT2D eigenvalue weighted by molar-refractivity contribution is 0.446. The highest BCUT2D eigenvalue weighted by Crippen LogP contribution is 2.25. The first-order valence-electron chi connectivity index (χ1n) is 5.68. The molecule has 1 atom stereocenters. The van der Waals surface area contributed by atoms with Crippen LogP contribution in [0, 0.1) is 0 Å². The molecule has 0 aromatic heterocycles. The quantitative estimate of drug-likeness (QED) is 0.589. The molecule has 0 saturated carbocycles. The summed E-state index contributed by atoms with van der Waals surface area (Å²) in [4.78, 5) is 0. The van der Waals surface area contributed by atoms with Crippen LogP contribution in [0.15, 0.2) is 24.3 Å². The minimum atomic E-state index is -3.67. The summed E-state index contributed by atoms with van der Waals surface area (Å²) in [5.41, 5.74) is 2.92. The number of rotatable bonds is 0. The van der Waals surface area contributed by atoms with Crippen molar-refractivity contribution in [2.45, 2.75) is 19.3 Å². The average Bonchev–Trinajstić information content (AvgIpc) is 2.37. The molecule has 18 heavy (non-hydrogen) atoms. The van der Waals surface area contributed by atoms with Crippen LogP contribution < -0.4 is 0 Å². The van der Waals surface area contributed by atoms with E-state index in [1.165, 1.54) is 11.1 Å². The monoisotopic (exact) mass is 291 g/mol. The van der Waals surface area contributed by atoms with Crippen LogP contribution in [-0.4, -0.2) is 36.7 Å². The number of fused-ring (bicyclic) bond motifs is 1. The minimum absolute atomic E-state index is 0.552. The number of hydrogen-bond donors (Lipinski definition) is 1. The molecule has 0 radical (unpaired) electrons. The third kappa shape index (κ3) is 5.82. The third-order valence-corrected chi connectivity index (χ3v) is 2.99. The molecule has 1 unspecified atom stereocenters. The summed E-state index contributed by atoms with van der Waals surface area (Å²) in [6, 6.07) is 8.65. The maximum atomic E-state index is 9.19. The Labute approximate surface area is 113 Å². The summed E-state index contributed by atoms with van der Waals surface area (Å²) >= 11 is 6.04. The first-order valence-corrected chi connectivity index (χ1v) is 7.87. The van der Waals surface area contributed by atoms with Gasteiger partial charge in [-0.05, 0) is 35.2 Å². The maximum Gasteiger partial charge on any atom is 0.261 e. The molecular formula is C12H18ClNO3S. The molecule has 1 aromatic rings. The Kier molecular flexibility index (Phi) is 5.59. The molecule has 0 aliphatic carbocycles. The predicted octanol–water partition coefficient (Wildman–Crippen LogP) is 2.31. The summed E-state index contributed by atoms with van der Waals surface area (Å²) in [5, 5.41) is 0. The Balaban J connectivity index is 0.000000280. The van der Waals surface area contributed by atoms with E-state index in [1.807, 2.05) is 4.42 Å². The first kappa shape index (κ1) is 15.4. The van der Waals surface area contributed by atoms with Crippen molar-refractivity contribution in [3.8, 4) is 0 Å². The van der Waals surface area contributed by atoms with Gasteiger partial charge in [0.25, 0.3) is 10.1 Å². The van der Waals surface area contributed by atoms with E-state index in [-0.39, 0.29) is 0 Å². The Morgan fingerprint density at radius 1 is 1.39 bits per heavy atom. The van der Waals surface area contributed by atoms with Crippen molar-refractivity contribution in [1.82, 2.24) is 4.42 Å². The van der Waals surface area contributed by atoms with Crippen LogP contribution in [0.1, 0.15) is 24.0 Å². The second kappa shape index (κ2) is 6.52. The van der Waals surface area contributed by atoms with Crippen molar-refractivity contribution in [2.24, 2.45) is 0 Å². The Morgan fingerprint density at radius 2 is 1.94 bits per heavy atom. The van der Waals surface area contributed by atoms with Crippen molar-refractivity contribution in [2.75, 3.05) is 19.3 Å². The summed E-state index contributed by atoms with van der Waals surface area (Å²) in [6.45, 7) is 4.15. The molecule has 1 N–H and O–H groups in total. The summed E-state index contributed by atoms with van der Waals surface area (Å²) < 4.78 is 27.8. The summed E-state index contributed by atoms with van der Waals surface area (Å²) in [7, 11) is -3.67. The zero-order chi connectivity index (χ0) is 13.8. The summed E-state index contributed by atoms with van der Waals surface area (Å²) in [6.07, 6.45) is 1.79. The molecule has 1 heterocycles. The highest BCUT2D eigenvalue weighted by atomic mass is 35.5. The second-order valence-electron chi connectivity index (χ2n) is 4.45. The maximum absolute atomic E-state index is 9.19. The smallest absolute Gasteiger partial charge is 0.261 e. The van der Waals surface area contributed by atoms with Crippen LogP contribution in [0.2, 0.25) is 0 Å². The lowest BCUT2D eigenvalue weighted by Gasteiger charge is -2.14. The Bertz CT molecular complexity index is 482. The normalized spacial score (nSPS) is 20.3. The minimum Gasteiger partial charge on any atom is -0.286 e. The van der Waals surface area contributed by atoms with Gasteiger partial charge in [0.2, 0.25) is 0 Å². The van der Waals surface area contributed by atoms with Crippen LogP contribution in [-0.2, 0) is 16.5 Å². The van der Waals surface area contributed by atoms with Crippen molar-refractivity contribution in [3.63, 3.8) is 0 Å². The molecule has 0 fully saturated rings. The SMILES string of the molecule is CC1CN(Cl)CCc2ccccc21.CS(=O)(=O)O. The molecule has 2 rings (SSSR count). The molecular weight excluding hydrogens is 274 g/mol. The van der Waals surface area contributed by atoms with Gasteiger partial charge in [-0.3, -0.25) is 4.55 Å². The highest BCUT2D eigenvalue weighted by Gasteiger charge is 2.17. The van der Waals surface area contributed by atoms with Gasteiger partial charge in [-0.1, -0.05) is 31.2 Å². The van der Waals surface area contributed by atoms with Gasteiger partial charge in [0, 0.05) is 13.1 Å². The molecule has 0 spiro atoms. The van der Waals surface area contributed by atoms with Crippen LogP contribution in [0.25, 0.3) is 0 Å². The van der Waals surface area contributed by atoms with E-state index in [9.17, 15) is 8.42 Å². The van der Waals surface area contributed by atoms with Crippen LogP contribution in [0.5, 0.6) is 0 Å². The first-order chi connectivity index (χ1) is 8.27. The number of nitrogens with zero attached hydrogens (tertiary/aromatic N) is 1. The van der Waals surface area contributed by atoms with E-state index >= 15 is 0 Å². The predicted molar refractivity (Wildman–Crippen MR) is 73.5 cm³/mol. The topological polar surface area (TPSA) is 57.6 Å². The molecule has 1 aromatic carbocycles. The van der Waals surface area contributed by atoms with E-state index in [1.54, 1.807) is 0 Å². The Morgan fingerprint density at radius 3 is 2.56 bits per heavy atom. The van der Waals surface area contributed by atoms with Gasteiger partial charge in [-0.15, -0.1) is 0 Å². The van der Waals surface area contributed by atoms with E-state index in [0.29, 0.717) is 12.2 Å². The van der Waals surface area contributed by atoms with Crippen LogP contribution in [0.3, 0.4) is 0 Å². The molecule has 1 aliphatic heterocycles. The van der Waals surface area contributed by atoms with Crippen molar-refractivity contribution in [1.29, 1.82) is 0 Å². The molecule has 0 amide bonds. The van der Waals surface area contributed by atoms with Gasteiger partial charge in [0.15, 0.2) is 0 Å². The van der Waals surface area contributed by atoms with Gasteiger partial charge in [-0.2, -0.15) is 8.42 Å². The van der Waals surface area contributed by atoms with E-state index in [0.717, 1.165) is 19.5 Å². The van der Waals surface area contributed by atoms with E-state index in [4.69, 9.17) is 16.3 Å². The lowest BCUT2D eigenvalue weighted by Crippen LogP contribution is -2.16. The molecule has 0 bridgehead atoms. The molecule has 102 valence electrons. The van der Waals surface area contributed by atoms with Gasteiger partial charge in [0.1, 0.15) is 0 Å². The molecule has 0 saturated heterocycles.